The van der Waals surface area contributed by atoms with Crippen molar-refractivity contribution < 1.29 is 9.53 Å². The van der Waals surface area contributed by atoms with Gasteiger partial charge < -0.3 is 9.30 Å². The Morgan fingerprint density at radius 2 is 1.74 bits per heavy atom. The minimum Gasteiger partial charge on any atom is -0.465 e. The molecule has 3 heteroatoms. The van der Waals surface area contributed by atoms with Gasteiger partial charge in [-0.25, -0.2) is 4.79 Å². The molecule has 1 aromatic heterocycles. The lowest BCUT2D eigenvalue weighted by molar-refractivity contribution is 0.0601. The summed E-state index contributed by atoms with van der Waals surface area (Å²) in [5.41, 5.74) is 2.46. The summed E-state index contributed by atoms with van der Waals surface area (Å²) in [6, 6.07) is 17.5. The van der Waals surface area contributed by atoms with E-state index in [1.54, 1.807) is 6.07 Å². The molecule has 3 aromatic rings. The zero-order valence-corrected chi connectivity index (χ0v) is 10.5. The number of benzene rings is 2. The lowest BCUT2D eigenvalue weighted by atomic mass is 10.1. The van der Waals surface area contributed by atoms with Crippen LogP contribution in [-0.2, 0) is 4.74 Å². The predicted octanol–water partition coefficient (Wildman–Crippen LogP) is 3.42. The van der Waals surface area contributed by atoms with Crippen molar-refractivity contribution in [2.75, 3.05) is 7.11 Å². The Balaban J connectivity index is 2.25. The Morgan fingerprint density at radius 3 is 2.58 bits per heavy atom. The number of carbonyl (C=O) groups excluding carboxylic acids is 1. The first-order valence-corrected chi connectivity index (χ1v) is 6.05. The van der Waals surface area contributed by atoms with E-state index < -0.39 is 0 Å². The number of esters is 1. The second-order valence-corrected chi connectivity index (χ2v) is 4.25. The van der Waals surface area contributed by atoms with Crippen LogP contribution in [0.4, 0.5) is 0 Å². The van der Waals surface area contributed by atoms with Crippen molar-refractivity contribution in [1.29, 1.82) is 0 Å². The third-order valence-corrected chi connectivity index (χ3v) is 3.17. The van der Waals surface area contributed by atoms with Gasteiger partial charge in [-0.05, 0) is 29.7 Å². The Bertz CT molecular complexity index is 743. The van der Waals surface area contributed by atoms with E-state index in [1.807, 2.05) is 59.3 Å². The zero-order valence-electron chi connectivity index (χ0n) is 10.5. The third kappa shape index (κ3) is 1.89. The molecule has 3 nitrogen and oxygen atoms in total. The molecule has 0 N–H and O–H groups in total. The van der Waals surface area contributed by atoms with Crippen molar-refractivity contribution in [2.45, 2.75) is 0 Å². The number of rotatable bonds is 2. The first-order chi connectivity index (χ1) is 9.31. The molecule has 0 radical (unpaired) electrons. The average Bonchev–Trinajstić information content (AvgIpc) is 2.90. The maximum atomic E-state index is 11.8. The van der Waals surface area contributed by atoms with Gasteiger partial charge in [0.1, 0.15) is 0 Å². The summed E-state index contributed by atoms with van der Waals surface area (Å²) in [5, 5.41) is 1.14. The second-order valence-electron chi connectivity index (χ2n) is 4.25. The van der Waals surface area contributed by atoms with E-state index in [0.29, 0.717) is 5.56 Å². The van der Waals surface area contributed by atoms with Crippen molar-refractivity contribution in [3.8, 4) is 5.69 Å². The van der Waals surface area contributed by atoms with E-state index in [1.165, 1.54) is 7.11 Å². The molecule has 0 bridgehead atoms. The average molecular weight is 251 g/mol. The van der Waals surface area contributed by atoms with Crippen LogP contribution < -0.4 is 0 Å². The molecule has 0 saturated heterocycles. The lowest BCUT2D eigenvalue weighted by Gasteiger charge is -2.10. The van der Waals surface area contributed by atoms with Crippen LogP contribution in [0.5, 0.6) is 0 Å². The fraction of sp³-hybridized carbons (Fsp3) is 0.0625. The highest BCUT2D eigenvalue weighted by atomic mass is 16.5. The van der Waals surface area contributed by atoms with Gasteiger partial charge in [0.05, 0.1) is 23.9 Å². The van der Waals surface area contributed by atoms with Gasteiger partial charge in [0, 0.05) is 6.20 Å². The summed E-state index contributed by atoms with van der Waals surface area (Å²) < 4.78 is 6.84. The number of para-hydroxylation sites is 2. The minimum absolute atomic E-state index is 0.326. The molecular weight excluding hydrogens is 238 g/mol. The molecule has 0 fully saturated rings. The molecule has 0 unspecified atom stereocenters. The van der Waals surface area contributed by atoms with E-state index in [2.05, 4.69) is 0 Å². The van der Waals surface area contributed by atoms with Crippen molar-refractivity contribution >= 4 is 16.9 Å². The van der Waals surface area contributed by atoms with Crippen LogP contribution >= 0.6 is 0 Å². The highest BCUT2D eigenvalue weighted by molar-refractivity contribution is 5.94. The molecule has 0 spiro atoms. The van der Waals surface area contributed by atoms with Gasteiger partial charge in [-0.15, -0.1) is 0 Å². The second kappa shape index (κ2) is 4.61. The zero-order chi connectivity index (χ0) is 13.2. The molecule has 0 aliphatic rings. The standard InChI is InChI=1S/C16H13NO2/c1-19-16(18)13-7-3-5-9-15(13)17-11-10-12-6-2-4-8-14(12)17/h2-11H,1H3. The maximum absolute atomic E-state index is 11.8. The van der Waals surface area contributed by atoms with Crippen LogP contribution in [0.3, 0.4) is 0 Å². The van der Waals surface area contributed by atoms with Gasteiger partial charge in [-0.2, -0.15) is 0 Å². The highest BCUT2D eigenvalue weighted by Crippen LogP contribution is 2.23. The van der Waals surface area contributed by atoms with E-state index >= 15 is 0 Å². The van der Waals surface area contributed by atoms with Gasteiger partial charge in [-0.3, -0.25) is 0 Å². The first-order valence-electron chi connectivity index (χ1n) is 6.05. The van der Waals surface area contributed by atoms with Gasteiger partial charge in [-0.1, -0.05) is 30.3 Å². The number of aromatic nitrogens is 1. The smallest absolute Gasteiger partial charge is 0.339 e. The lowest BCUT2D eigenvalue weighted by Crippen LogP contribution is -2.06. The Labute approximate surface area is 111 Å². The molecule has 0 saturated carbocycles. The van der Waals surface area contributed by atoms with Crippen LogP contribution in [0.15, 0.2) is 60.8 Å². The number of nitrogens with zero attached hydrogens (tertiary/aromatic N) is 1. The van der Waals surface area contributed by atoms with Crippen molar-refractivity contribution in [3.05, 3.63) is 66.4 Å². The monoisotopic (exact) mass is 251 g/mol. The van der Waals surface area contributed by atoms with Crippen LogP contribution in [0.2, 0.25) is 0 Å². The summed E-state index contributed by atoms with van der Waals surface area (Å²) in [7, 11) is 1.40. The fourth-order valence-corrected chi connectivity index (χ4v) is 2.26. The van der Waals surface area contributed by atoms with Crippen LogP contribution in [0, 0.1) is 0 Å². The number of carbonyl (C=O) groups is 1. The first kappa shape index (κ1) is 11.5. The quantitative estimate of drug-likeness (QED) is 0.653. The van der Waals surface area contributed by atoms with E-state index in [0.717, 1.165) is 16.6 Å². The Kier molecular flexibility index (Phi) is 2.80. The Hall–Kier alpha value is -2.55. The summed E-state index contributed by atoms with van der Waals surface area (Å²) in [5.74, 6) is -0.326. The van der Waals surface area contributed by atoms with Gasteiger partial charge in [0.15, 0.2) is 0 Å². The number of methoxy groups -OCH3 is 1. The van der Waals surface area contributed by atoms with Crippen LogP contribution in [0.1, 0.15) is 10.4 Å². The molecule has 94 valence electrons. The van der Waals surface area contributed by atoms with E-state index in [9.17, 15) is 4.79 Å². The van der Waals surface area contributed by atoms with Crippen LogP contribution in [-0.4, -0.2) is 17.6 Å². The number of hydrogen-bond donors (Lipinski definition) is 0. The molecule has 3 rings (SSSR count). The van der Waals surface area contributed by atoms with Gasteiger partial charge >= 0.3 is 5.97 Å². The SMILES string of the molecule is COC(=O)c1ccccc1-n1ccc2ccccc21. The van der Waals surface area contributed by atoms with Gasteiger partial charge in [0.2, 0.25) is 0 Å². The molecule has 1 heterocycles. The van der Waals surface area contributed by atoms with E-state index in [4.69, 9.17) is 4.74 Å². The largest absolute Gasteiger partial charge is 0.465 e. The normalized spacial score (nSPS) is 10.6. The molecule has 0 amide bonds. The topological polar surface area (TPSA) is 31.2 Å². The van der Waals surface area contributed by atoms with Gasteiger partial charge in [0.25, 0.3) is 0 Å². The molecule has 0 atom stereocenters. The summed E-state index contributed by atoms with van der Waals surface area (Å²) in [6.45, 7) is 0. The summed E-state index contributed by atoms with van der Waals surface area (Å²) in [4.78, 5) is 11.8. The molecule has 0 aliphatic carbocycles. The summed E-state index contributed by atoms with van der Waals surface area (Å²) in [6.07, 6.45) is 1.96. The maximum Gasteiger partial charge on any atom is 0.339 e. The molecule has 2 aromatic carbocycles. The van der Waals surface area contributed by atoms with Crippen LogP contribution in [0.25, 0.3) is 16.6 Å². The molecule has 19 heavy (non-hydrogen) atoms. The third-order valence-electron chi connectivity index (χ3n) is 3.17. The van der Waals surface area contributed by atoms with E-state index in [-0.39, 0.29) is 5.97 Å². The minimum atomic E-state index is -0.326. The number of fused-ring (bicyclic) bond motifs is 1. The van der Waals surface area contributed by atoms with Crippen molar-refractivity contribution in [2.24, 2.45) is 0 Å². The Morgan fingerprint density at radius 1 is 1.00 bits per heavy atom. The molecule has 0 aliphatic heterocycles. The highest BCUT2D eigenvalue weighted by Gasteiger charge is 2.13. The number of hydrogen-bond acceptors (Lipinski definition) is 2. The fourth-order valence-electron chi connectivity index (χ4n) is 2.26. The molecular formula is C16H13NO2. The summed E-state index contributed by atoms with van der Waals surface area (Å²) >= 11 is 0. The number of ether oxygens (including phenoxy) is 1. The predicted molar refractivity (Wildman–Crippen MR) is 74.6 cm³/mol. The van der Waals surface area contributed by atoms with Crippen molar-refractivity contribution in [1.82, 2.24) is 4.57 Å². The van der Waals surface area contributed by atoms with Crippen molar-refractivity contribution in [3.63, 3.8) is 0 Å².